The molecule has 2 aliphatic rings. The summed E-state index contributed by atoms with van der Waals surface area (Å²) in [6.45, 7) is -0.189. The minimum atomic E-state index is -1.10. The van der Waals surface area contributed by atoms with Crippen LogP contribution in [0.4, 0.5) is 5.13 Å². The minimum Gasteiger partial charge on any atom is -0.478 e. The molecule has 1 aromatic heterocycles. The average molecular weight is 442 g/mol. The number of carboxylic acids is 1. The number of carboxylic acid groups (broad SMARTS) is 1. The number of rotatable bonds is 6. The molecule has 1 unspecified atom stereocenters. The summed E-state index contributed by atoms with van der Waals surface area (Å²) < 4.78 is 0.123. The van der Waals surface area contributed by atoms with Crippen LogP contribution in [0.1, 0.15) is 5.69 Å². The van der Waals surface area contributed by atoms with E-state index in [-0.39, 0.29) is 38.8 Å². The molecular weight excluding hydrogens is 430 g/mol. The van der Waals surface area contributed by atoms with E-state index in [1.54, 1.807) is 0 Å². The highest BCUT2D eigenvalue weighted by Crippen LogP contribution is 2.36. The number of nitrogen functional groups attached to an aromatic ring is 1. The van der Waals surface area contributed by atoms with Crippen LogP contribution >= 0.6 is 34.7 Å². The van der Waals surface area contributed by atoms with Crippen LogP contribution in [0.2, 0.25) is 4.34 Å². The Kier molecular flexibility index (Phi) is 5.78. The molecule has 1 aromatic rings. The second-order valence-electron chi connectivity index (χ2n) is 5.45. The number of nitrogens with two attached hydrogens (primary N) is 1. The third-order valence-corrected chi connectivity index (χ3v) is 6.09. The molecule has 146 valence electrons. The standard InChI is InChI=1S/C15H12ClN5O5S2/c1-2-3-26-20-8(7-10(16)28-15(17)19-7)11(22)18-9-12(23)21-4-6(14(24)25)5-27-13(9)21/h1,4,9,13H,3,5H2,(H2,17,19)(H,18,22)(H,24,25)/t9?,13-/m1/s1. The number of hydrogen-bond donors (Lipinski definition) is 3. The topological polar surface area (TPSA) is 147 Å². The van der Waals surface area contributed by atoms with Gasteiger partial charge in [0.05, 0.1) is 5.57 Å². The molecule has 1 fully saturated rings. The van der Waals surface area contributed by atoms with Gasteiger partial charge in [-0.1, -0.05) is 34.0 Å². The lowest BCUT2D eigenvalue weighted by Crippen LogP contribution is -2.69. The van der Waals surface area contributed by atoms with Crippen molar-refractivity contribution in [1.82, 2.24) is 15.2 Å². The number of oxime groups is 1. The van der Waals surface area contributed by atoms with Gasteiger partial charge < -0.3 is 25.9 Å². The molecule has 2 atom stereocenters. The van der Waals surface area contributed by atoms with E-state index < -0.39 is 29.2 Å². The van der Waals surface area contributed by atoms with Crippen LogP contribution in [-0.2, 0) is 19.2 Å². The fraction of sp³-hybridized carbons (Fsp3) is 0.267. The zero-order valence-corrected chi connectivity index (χ0v) is 16.3. The van der Waals surface area contributed by atoms with Crippen molar-refractivity contribution in [2.75, 3.05) is 18.1 Å². The van der Waals surface area contributed by atoms with E-state index in [1.165, 1.54) is 22.9 Å². The maximum Gasteiger partial charge on any atom is 0.333 e. The van der Waals surface area contributed by atoms with Crippen molar-refractivity contribution in [3.05, 3.63) is 21.8 Å². The van der Waals surface area contributed by atoms with Crippen molar-refractivity contribution in [2.24, 2.45) is 5.16 Å². The number of halogens is 1. The number of hydrogen-bond acceptors (Lipinski definition) is 9. The number of anilines is 1. The summed E-state index contributed by atoms with van der Waals surface area (Å²) in [5.74, 6) is 0.108. The van der Waals surface area contributed by atoms with E-state index in [9.17, 15) is 14.4 Å². The fourth-order valence-electron chi connectivity index (χ4n) is 2.43. The van der Waals surface area contributed by atoms with Crippen LogP contribution in [-0.4, -0.2) is 62.3 Å². The fourth-order valence-corrected chi connectivity index (χ4v) is 4.61. The predicted molar refractivity (Wildman–Crippen MR) is 104 cm³/mol. The van der Waals surface area contributed by atoms with Gasteiger partial charge in [-0.3, -0.25) is 9.59 Å². The van der Waals surface area contributed by atoms with E-state index in [2.05, 4.69) is 21.4 Å². The van der Waals surface area contributed by atoms with Crippen molar-refractivity contribution in [3.63, 3.8) is 0 Å². The molecule has 10 nitrogen and oxygen atoms in total. The Labute approximate surface area is 171 Å². The zero-order valence-electron chi connectivity index (χ0n) is 13.9. The number of thiazole rings is 1. The Morgan fingerprint density at radius 1 is 1.61 bits per heavy atom. The van der Waals surface area contributed by atoms with Crippen LogP contribution < -0.4 is 11.1 Å². The van der Waals surface area contributed by atoms with E-state index in [1.807, 2.05) is 0 Å². The number of aliphatic carboxylic acids is 1. The maximum absolute atomic E-state index is 12.7. The third kappa shape index (κ3) is 3.77. The number of β-lactam (4-membered cyclic amide) rings is 1. The predicted octanol–water partition coefficient (Wildman–Crippen LogP) is 0.101. The Hall–Kier alpha value is -2.75. The number of amides is 2. The highest BCUT2D eigenvalue weighted by molar-refractivity contribution is 8.00. The molecule has 0 aliphatic carbocycles. The first-order valence-electron chi connectivity index (χ1n) is 7.57. The lowest BCUT2D eigenvalue weighted by Gasteiger charge is -2.46. The van der Waals surface area contributed by atoms with Crippen molar-refractivity contribution < 1.29 is 24.3 Å². The van der Waals surface area contributed by atoms with Crippen LogP contribution in [0.3, 0.4) is 0 Å². The maximum atomic E-state index is 12.7. The number of nitrogens with one attached hydrogen (secondary N) is 1. The highest BCUT2D eigenvalue weighted by Gasteiger charge is 2.50. The molecule has 0 radical (unpaired) electrons. The molecule has 0 aromatic carbocycles. The van der Waals surface area contributed by atoms with Gasteiger partial charge in [-0.15, -0.1) is 18.2 Å². The number of nitrogens with zero attached hydrogens (tertiary/aromatic N) is 3. The summed E-state index contributed by atoms with van der Waals surface area (Å²) in [5.41, 5.74) is 5.44. The Morgan fingerprint density at radius 3 is 2.96 bits per heavy atom. The molecule has 2 amide bonds. The lowest BCUT2D eigenvalue weighted by molar-refractivity contribution is -0.144. The number of aromatic nitrogens is 1. The summed E-state index contributed by atoms with van der Waals surface area (Å²) in [6, 6.07) is -0.864. The normalized spacial score (nSPS) is 21.1. The molecule has 4 N–H and O–H groups in total. The van der Waals surface area contributed by atoms with Crippen LogP contribution in [0.5, 0.6) is 0 Å². The molecule has 13 heteroatoms. The number of carbonyl (C=O) groups excluding carboxylic acids is 2. The highest BCUT2D eigenvalue weighted by atomic mass is 35.5. The van der Waals surface area contributed by atoms with Gasteiger partial charge in [0.1, 0.15) is 21.4 Å². The molecule has 0 bridgehead atoms. The Bertz CT molecular complexity index is 953. The van der Waals surface area contributed by atoms with E-state index in [0.717, 1.165) is 11.3 Å². The quantitative estimate of drug-likeness (QED) is 0.185. The van der Waals surface area contributed by atoms with Gasteiger partial charge in [0, 0.05) is 12.0 Å². The summed E-state index contributed by atoms with van der Waals surface area (Å²) in [5, 5.41) is 15.0. The second kappa shape index (κ2) is 8.09. The van der Waals surface area contributed by atoms with Crippen molar-refractivity contribution in [1.29, 1.82) is 0 Å². The average Bonchev–Trinajstić information content (AvgIpc) is 3.00. The van der Waals surface area contributed by atoms with Gasteiger partial charge in [-0.2, -0.15) is 0 Å². The Morgan fingerprint density at radius 2 is 2.36 bits per heavy atom. The molecule has 2 aliphatic heterocycles. The molecule has 3 heterocycles. The number of thioether (sulfide) groups is 1. The smallest absolute Gasteiger partial charge is 0.333 e. The first-order valence-corrected chi connectivity index (χ1v) is 9.82. The SMILES string of the molecule is C#CCON=C(C(=O)NC1C(=O)N2C=C(C(=O)O)CS[C@H]12)c1nc(N)sc1Cl. The molecular formula is C15H12ClN5O5S2. The minimum absolute atomic E-state index is 0.00618. The zero-order chi connectivity index (χ0) is 20.4. The third-order valence-electron chi connectivity index (χ3n) is 3.69. The summed E-state index contributed by atoms with van der Waals surface area (Å²) in [6.07, 6.45) is 6.37. The van der Waals surface area contributed by atoms with Gasteiger partial charge in [-0.25, -0.2) is 9.78 Å². The van der Waals surface area contributed by atoms with E-state index in [0.29, 0.717) is 0 Å². The number of terminal acetylenes is 1. The van der Waals surface area contributed by atoms with Crippen molar-refractivity contribution in [3.8, 4) is 12.3 Å². The summed E-state index contributed by atoms with van der Waals surface area (Å²) in [7, 11) is 0. The van der Waals surface area contributed by atoms with Gasteiger partial charge in [-0.05, 0) is 0 Å². The van der Waals surface area contributed by atoms with Crippen LogP contribution in [0, 0.1) is 12.3 Å². The van der Waals surface area contributed by atoms with Gasteiger partial charge in [0.2, 0.25) is 0 Å². The second-order valence-corrected chi connectivity index (χ2v) is 8.19. The van der Waals surface area contributed by atoms with Crippen LogP contribution in [0.25, 0.3) is 0 Å². The van der Waals surface area contributed by atoms with E-state index in [4.69, 9.17) is 33.7 Å². The molecule has 1 saturated heterocycles. The van der Waals surface area contributed by atoms with Crippen LogP contribution in [0.15, 0.2) is 16.9 Å². The molecule has 28 heavy (non-hydrogen) atoms. The molecule has 0 spiro atoms. The number of fused-ring (bicyclic) bond motifs is 1. The Balaban J connectivity index is 1.77. The summed E-state index contributed by atoms with van der Waals surface area (Å²) in [4.78, 5) is 46.1. The van der Waals surface area contributed by atoms with E-state index >= 15 is 0 Å². The van der Waals surface area contributed by atoms with Gasteiger partial charge >= 0.3 is 5.97 Å². The van der Waals surface area contributed by atoms with Gasteiger partial charge in [0.25, 0.3) is 11.8 Å². The van der Waals surface area contributed by atoms with Crippen molar-refractivity contribution in [2.45, 2.75) is 11.4 Å². The monoisotopic (exact) mass is 441 g/mol. The first kappa shape index (κ1) is 20.0. The van der Waals surface area contributed by atoms with Gasteiger partial charge in [0.15, 0.2) is 17.5 Å². The lowest BCUT2D eigenvalue weighted by atomic mass is 10.1. The van der Waals surface area contributed by atoms with Crippen molar-refractivity contribution >= 4 is 63.3 Å². The molecule has 0 saturated carbocycles. The largest absolute Gasteiger partial charge is 0.478 e. The molecule has 3 rings (SSSR count). The first-order chi connectivity index (χ1) is 13.3. The number of carbonyl (C=O) groups is 3. The summed E-state index contributed by atoms with van der Waals surface area (Å²) >= 11 is 8.21.